The predicted octanol–water partition coefficient (Wildman–Crippen LogP) is 2.84. The number of furan rings is 1. The molecule has 1 N–H and O–H groups in total. The summed E-state index contributed by atoms with van der Waals surface area (Å²) >= 11 is 0. The van der Waals surface area contributed by atoms with Crippen LogP contribution in [0, 0.1) is 0 Å². The van der Waals surface area contributed by atoms with E-state index in [0.29, 0.717) is 11.8 Å². The zero-order chi connectivity index (χ0) is 13.1. The highest BCUT2D eigenvalue weighted by molar-refractivity contribution is 7.84. The highest BCUT2D eigenvalue weighted by Gasteiger charge is 2.20. The largest absolute Gasteiger partial charge is 0.464 e. The summed E-state index contributed by atoms with van der Waals surface area (Å²) in [4.78, 5) is 0.844. The van der Waals surface area contributed by atoms with Crippen molar-refractivity contribution in [2.45, 2.75) is 36.1 Å². The number of nitrogens with one attached hydrogen (secondary N) is 1. The van der Waals surface area contributed by atoms with Crippen molar-refractivity contribution in [3.05, 3.63) is 54.0 Å². The van der Waals surface area contributed by atoms with Gasteiger partial charge in [0.2, 0.25) is 0 Å². The smallest absolute Gasteiger partial charge is 0.118 e. The molecule has 1 aliphatic rings. The summed E-state index contributed by atoms with van der Waals surface area (Å²) in [7, 11) is -1.04. The molecule has 1 fully saturated rings. The van der Waals surface area contributed by atoms with Crippen molar-refractivity contribution < 1.29 is 8.63 Å². The lowest BCUT2D eigenvalue weighted by Gasteiger charge is -2.00. The Morgan fingerprint density at radius 2 is 1.84 bits per heavy atom. The van der Waals surface area contributed by atoms with Crippen LogP contribution in [0.4, 0.5) is 0 Å². The van der Waals surface area contributed by atoms with Gasteiger partial charge < -0.3 is 9.73 Å². The van der Waals surface area contributed by atoms with Gasteiger partial charge in [-0.05, 0) is 37.1 Å². The normalized spacial score (nSPS) is 16.4. The van der Waals surface area contributed by atoms with E-state index in [1.54, 1.807) is 0 Å². The first-order valence-corrected chi connectivity index (χ1v) is 7.87. The fraction of sp³-hybridized carbons (Fsp3) is 0.333. The van der Waals surface area contributed by atoms with E-state index in [4.69, 9.17) is 4.42 Å². The first-order valence-electron chi connectivity index (χ1n) is 6.55. The van der Waals surface area contributed by atoms with Crippen molar-refractivity contribution in [1.29, 1.82) is 0 Å². The molecule has 0 radical (unpaired) electrons. The van der Waals surface area contributed by atoms with Crippen molar-refractivity contribution in [1.82, 2.24) is 5.32 Å². The Bertz CT molecular complexity index is 561. The molecular weight excluding hydrogens is 258 g/mol. The van der Waals surface area contributed by atoms with Crippen molar-refractivity contribution in [3.63, 3.8) is 0 Å². The highest BCUT2D eigenvalue weighted by Crippen LogP contribution is 2.20. The molecule has 100 valence electrons. The monoisotopic (exact) mass is 275 g/mol. The second-order valence-corrected chi connectivity index (χ2v) is 6.28. The van der Waals surface area contributed by atoms with Crippen LogP contribution in [0.5, 0.6) is 0 Å². The van der Waals surface area contributed by atoms with Crippen LogP contribution in [0.2, 0.25) is 0 Å². The van der Waals surface area contributed by atoms with Crippen LogP contribution in [0.3, 0.4) is 0 Å². The van der Waals surface area contributed by atoms with Gasteiger partial charge in [-0.15, -0.1) is 0 Å². The fourth-order valence-electron chi connectivity index (χ4n) is 1.91. The molecule has 1 unspecified atom stereocenters. The molecule has 0 aliphatic heterocycles. The summed E-state index contributed by atoms with van der Waals surface area (Å²) in [5.41, 5.74) is 0. The molecule has 3 nitrogen and oxygen atoms in total. The van der Waals surface area contributed by atoms with E-state index < -0.39 is 10.8 Å². The Hall–Kier alpha value is -1.39. The van der Waals surface area contributed by atoms with E-state index in [1.165, 1.54) is 12.8 Å². The fourth-order valence-corrected chi connectivity index (χ4v) is 2.95. The van der Waals surface area contributed by atoms with Gasteiger partial charge in [-0.3, -0.25) is 4.21 Å². The van der Waals surface area contributed by atoms with Gasteiger partial charge in [0.15, 0.2) is 0 Å². The summed E-state index contributed by atoms with van der Waals surface area (Å²) in [5, 5.41) is 3.40. The lowest BCUT2D eigenvalue weighted by molar-refractivity contribution is 0.457. The van der Waals surface area contributed by atoms with Gasteiger partial charge in [0.25, 0.3) is 0 Å². The predicted molar refractivity (Wildman–Crippen MR) is 75.1 cm³/mol. The van der Waals surface area contributed by atoms with E-state index >= 15 is 0 Å². The molecule has 0 spiro atoms. The molecule has 1 aromatic carbocycles. The quantitative estimate of drug-likeness (QED) is 0.881. The van der Waals surface area contributed by atoms with Gasteiger partial charge in [0.05, 0.1) is 23.1 Å². The number of hydrogen-bond acceptors (Lipinski definition) is 3. The zero-order valence-electron chi connectivity index (χ0n) is 10.7. The third kappa shape index (κ3) is 3.55. The molecular formula is C15H17NO2S. The molecule has 1 saturated carbocycles. The summed E-state index contributed by atoms with van der Waals surface area (Å²) < 4.78 is 17.8. The Morgan fingerprint density at radius 3 is 2.58 bits per heavy atom. The molecule has 1 atom stereocenters. The number of hydrogen-bond donors (Lipinski definition) is 1. The average Bonchev–Trinajstić information content (AvgIpc) is 3.17. The van der Waals surface area contributed by atoms with Gasteiger partial charge in [-0.25, -0.2) is 0 Å². The Morgan fingerprint density at radius 1 is 1.11 bits per heavy atom. The molecule has 2 aromatic rings. The first kappa shape index (κ1) is 12.6. The van der Waals surface area contributed by atoms with Crippen molar-refractivity contribution in [3.8, 4) is 0 Å². The van der Waals surface area contributed by atoms with Crippen molar-refractivity contribution in [2.24, 2.45) is 0 Å². The van der Waals surface area contributed by atoms with Gasteiger partial charge in [0.1, 0.15) is 11.5 Å². The molecule has 0 saturated heterocycles. The number of rotatable bonds is 6. The minimum absolute atomic E-state index is 0.438. The second kappa shape index (κ2) is 5.72. The van der Waals surface area contributed by atoms with Crippen molar-refractivity contribution in [2.75, 3.05) is 0 Å². The molecule has 1 aliphatic carbocycles. The van der Waals surface area contributed by atoms with Crippen LogP contribution in [-0.4, -0.2) is 10.3 Å². The zero-order valence-corrected chi connectivity index (χ0v) is 11.5. The van der Waals surface area contributed by atoms with Gasteiger partial charge in [-0.1, -0.05) is 18.2 Å². The van der Waals surface area contributed by atoms with Gasteiger partial charge in [-0.2, -0.15) is 0 Å². The molecule has 3 rings (SSSR count). The van der Waals surface area contributed by atoms with E-state index in [9.17, 15) is 4.21 Å². The summed E-state index contributed by atoms with van der Waals surface area (Å²) in [6.07, 6.45) is 2.54. The number of benzene rings is 1. The minimum atomic E-state index is -1.04. The molecule has 19 heavy (non-hydrogen) atoms. The molecule has 4 heteroatoms. The average molecular weight is 275 g/mol. The van der Waals surface area contributed by atoms with Gasteiger partial charge >= 0.3 is 0 Å². The Balaban J connectivity index is 1.58. The van der Waals surface area contributed by atoms with Crippen LogP contribution >= 0.6 is 0 Å². The third-order valence-corrected chi connectivity index (χ3v) is 4.48. The van der Waals surface area contributed by atoms with Crippen molar-refractivity contribution >= 4 is 10.8 Å². The standard InChI is InChI=1S/C15H17NO2S/c17-19(15-4-2-1-3-5-15)11-14-9-8-13(18-14)10-16-12-6-7-12/h1-5,8-9,12,16H,6-7,10-11H2. The lowest BCUT2D eigenvalue weighted by atomic mass is 10.4. The summed E-state index contributed by atoms with van der Waals surface area (Å²) in [5.74, 6) is 2.15. The summed E-state index contributed by atoms with van der Waals surface area (Å²) in [6, 6.07) is 14.1. The van der Waals surface area contributed by atoms with Crippen LogP contribution in [0.15, 0.2) is 51.8 Å². The van der Waals surface area contributed by atoms with Gasteiger partial charge in [0, 0.05) is 10.9 Å². The molecule has 1 heterocycles. The Kier molecular flexibility index (Phi) is 3.80. The Labute approximate surface area is 115 Å². The highest BCUT2D eigenvalue weighted by atomic mass is 32.2. The lowest BCUT2D eigenvalue weighted by Crippen LogP contribution is -2.14. The van der Waals surface area contributed by atoms with E-state index in [-0.39, 0.29) is 0 Å². The molecule has 0 amide bonds. The van der Waals surface area contributed by atoms with Crippen LogP contribution in [0.25, 0.3) is 0 Å². The SMILES string of the molecule is O=S(Cc1ccc(CNC2CC2)o1)c1ccccc1. The van der Waals surface area contributed by atoms with Crippen LogP contribution in [-0.2, 0) is 23.1 Å². The maximum absolute atomic E-state index is 12.1. The maximum atomic E-state index is 12.1. The summed E-state index contributed by atoms with van der Waals surface area (Å²) in [6.45, 7) is 0.767. The van der Waals surface area contributed by atoms with Crippen LogP contribution in [0.1, 0.15) is 24.4 Å². The second-order valence-electron chi connectivity index (χ2n) is 4.83. The van der Waals surface area contributed by atoms with E-state index in [2.05, 4.69) is 5.32 Å². The van der Waals surface area contributed by atoms with E-state index in [0.717, 1.165) is 23.0 Å². The third-order valence-electron chi connectivity index (χ3n) is 3.14. The van der Waals surface area contributed by atoms with Crippen LogP contribution < -0.4 is 5.32 Å². The first-order chi connectivity index (χ1) is 9.31. The van der Waals surface area contributed by atoms with E-state index in [1.807, 2.05) is 42.5 Å². The molecule has 1 aromatic heterocycles. The topological polar surface area (TPSA) is 42.2 Å². The minimum Gasteiger partial charge on any atom is -0.464 e. The molecule has 0 bridgehead atoms. The maximum Gasteiger partial charge on any atom is 0.118 e.